The molecule has 1 N–H and O–H groups in total. The van der Waals surface area contributed by atoms with Gasteiger partial charge in [-0.25, -0.2) is 9.37 Å². The number of rotatable bonds is 6. The maximum atomic E-state index is 13.6. The van der Waals surface area contributed by atoms with E-state index in [4.69, 9.17) is 4.74 Å². The number of hydrogen-bond acceptors (Lipinski definition) is 8. The van der Waals surface area contributed by atoms with Gasteiger partial charge in [-0.3, -0.25) is 14.9 Å². The Morgan fingerprint density at radius 2 is 2.23 bits per heavy atom. The SMILES string of the molecule is CCOC(=O)Cc1csc(NC(=O)c2cc(F)ccc2-n2cnnn2)n1. The molecule has 0 saturated carbocycles. The number of carbonyl (C=O) groups is 2. The van der Waals surface area contributed by atoms with Crippen LogP contribution in [0.1, 0.15) is 23.0 Å². The zero-order valence-corrected chi connectivity index (χ0v) is 14.4. The lowest BCUT2D eigenvalue weighted by Gasteiger charge is -2.08. The molecule has 26 heavy (non-hydrogen) atoms. The van der Waals surface area contributed by atoms with Gasteiger partial charge in [0.15, 0.2) is 5.13 Å². The van der Waals surface area contributed by atoms with Crippen LogP contribution in [0.5, 0.6) is 0 Å². The number of anilines is 1. The Hall–Kier alpha value is -3.21. The van der Waals surface area contributed by atoms with E-state index in [9.17, 15) is 14.0 Å². The van der Waals surface area contributed by atoms with Crippen LogP contribution in [-0.4, -0.2) is 43.7 Å². The molecule has 0 unspecified atom stereocenters. The molecule has 0 aliphatic heterocycles. The van der Waals surface area contributed by atoms with Crippen LogP contribution in [-0.2, 0) is 16.0 Å². The smallest absolute Gasteiger partial charge is 0.311 e. The molecule has 0 fully saturated rings. The van der Waals surface area contributed by atoms with Crippen molar-refractivity contribution in [2.45, 2.75) is 13.3 Å². The van der Waals surface area contributed by atoms with Crippen molar-refractivity contribution >= 4 is 28.3 Å². The number of amides is 1. The van der Waals surface area contributed by atoms with E-state index in [-0.39, 0.29) is 23.7 Å². The van der Waals surface area contributed by atoms with Crippen molar-refractivity contribution < 1.29 is 18.7 Å². The number of aromatic nitrogens is 5. The zero-order valence-electron chi connectivity index (χ0n) is 13.5. The second-order valence-corrected chi connectivity index (χ2v) is 5.85. The third-order valence-electron chi connectivity index (χ3n) is 3.20. The number of benzene rings is 1. The Morgan fingerprint density at radius 3 is 2.96 bits per heavy atom. The highest BCUT2D eigenvalue weighted by Crippen LogP contribution is 2.20. The highest BCUT2D eigenvalue weighted by Gasteiger charge is 2.17. The summed E-state index contributed by atoms with van der Waals surface area (Å²) in [6.45, 7) is 2.00. The summed E-state index contributed by atoms with van der Waals surface area (Å²) in [6, 6.07) is 3.68. The third-order valence-corrected chi connectivity index (χ3v) is 4.01. The minimum atomic E-state index is -0.577. The molecule has 0 saturated heterocycles. The number of carbonyl (C=O) groups excluding carboxylic acids is 2. The second-order valence-electron chi connectivity index (χ2n) is 5.00. The first-order valence-electron chi connectivity index (χ1n) is 7.51. The van der Waals surface area contributed by atoms with Gasteiger partial charge in [0.25, 0.3) is 5.91 Å². The van der Waals surface area contributed by atoms with E-state index >= 15 is 0 Å². The van der Waals surface area contributed by atoms with Gasteiger partial charge in [-0.2, -0.15) is 4.68 Å². The van der Waals surface area contributed by atoms with Crippen LogP contribution in [0.25, 0.3) is 5.69 Å². The van der Waals surface area contributed by atoms with E-state index < -0.39 is 17.7 Å². The van der Waals surface area contributed by atoms with Crippen LogP contribution in [0, 0.1) is 5.82 Å². The minimum absolute atomic E-state index is 0.00997. The first-order chi connectivity index (χ1) is 12.6. The van der Waals surface area contributed by atoms with E-state index in [1.165, 1.54) is 23.1 Å². The van der Waals surface area contributed by atoms with Crippen LogP contribution < -0.4 is 5.32 Å². The monoisotopic (exact) mass is 376 g/mol. The fourth-order valence-corrected chi connectivity index (χ4v) is 2.84. The predicted molar refractivity (Wildman–Crippen MR) is 89.5 cm³/mol. The van der Waals surface area contributed by atoms with Crippen molar-refractivity contribution in [2.24, 2.45) is 0 Å². The van der Waals surface area contributed by atoms with Crippen molar-refractivity contribution in [2.75, 3.05) is 11.9 Å². The lowest BCUT2D eigenvalue weighted by Crippen LogP contribution is -2.16. The summed E-state index contributed by atoms with van der Waals surface area (Å²) < 4.78 is 19.7. The Balaban J connectivity index is 1.78. The van der Waals surface area contributed by atoms with Crippen LogP contribution in [0.4, 0.5) is 9.52 Å². The van der Waals surface area contributed by atoms with Gasteiger partial charge >= 0.3 is 5.97 Å². The molecule has 9 nitrogen and oxygen atoms in total. The summed E-state index contributed by atoms with van der Waals surface area (Å²) >= 11 is 1.15. The van der Waals surface area contributed by atoms with Crippen LogP contribution in [0.15, 0.2) is 29.9 Å². The van der Waals surface area contributed by atoms with Gasteiger partial charge in [0.1, 0.15) is 12.1 Å². The summed E-state index contributed by atoms with van der Waals surface area (Å²) in [6.07, 6.45) is 1.31. The number of hydrogen-bond donors (Lipinski definition) is 1. The summed E-state index contributed by atoms with van der Waals surface area (Å²) in [5.74, 6) is -1.55. The molecule has 0 bridgehead atoms. The third kappa shape index (κ3) is 4.06. The average molecular weight is 376 g/mol. The van der Waals surface area contributed by atoms with Crippen LogP contribution in [0.3, 0.4) is 0 Å². The van der Waals surface area contributed by atoms with Crippen molar-refractivity contribution in [3.05, 3.63) is 47.0 Å². The zero-order chi connectivity index (χ0) is 18.5. The molecule has 3 rings (SSSR count). The van der Waals surface area contributed by atoms with Gasteiger partial charge < -0.3 is 4.74 Å². The maximum absolute atomic E-state index is 13.6. The number of ether oxygens (including phenoxy) is 1. The molecule has 1 amide bonds. The van der Waals surface area contributed by atoms with E-state index in [0.717, 1.165) is 17.4 Å². The number of halogens is 1. The van der Waals surface area contributed by atoms with E-state index in [0.29, 0.717) is 11.4 Å². The van der Waals surface area contributed by atoms with Crippen LogP contribution >= 0.6 is 11.3 Å². The first-order valence-corrected chi connectivity index (χ1v) is 8.39. The predicted octanol–water partition coefficient (Wildman–Crippen LogP) is 1.62. The Morgan fingerprint density at radius 1 is 1.38 bits per heavy atom. The number of nitrogens with one attached hydrogen (secondary N) is 1. The van der Waals surface area contributed by atoms with E-state index in [1.807, 2.05) is 0 Å². The Kier molecular flexibility index (Phi) is 5.27. The normalized spacial score (nSPS) is 10.5. The fraction of sp³-hybridized carbons (Fsp3) is 0.200. The highest BCUT2D eigenvalue weighted by molar-refractivity contribution is 7.14. The van der Waals surface area contributed by atoms with Gasteiger partial charge in [0.05, 0.1) is 30.0 Å². The molecule has 0 radical (unpaired) electrons. The number of esters is 1. The molecular weight excluding hydrogens is 363 g/mol. The van der Waals surface area contributed by atoms with E-state index in [1.54, 1.807) is 12.3 Å². The van der Waals surface area contributed by atoms with E-state index in [2.05, 4.69) is 25.8 Å². The molecule has 3 aromatic rings. The van der Waals surface area contributed by atoms with Crippen LogP contribution in [0.2, 0.25) is 0 Å². The van der Waals surface area contributed by atoms with Crippen molar-refractivity contribution in [3.8, 4) is 5.69 Å². The summed E-state index contributed by atoms with van der Waals surface area (Å²) in [7, 11) is 0. The van der Waals surface area contributed by atoms with Crippen molar-refractivity contribution in [1.82, 2.24) is 25.2 Å². The number of thiazole rings is 1. The molecule has 0 aliphatic rings. The topological polar surface area (TPSA) is 112 Å². The standard InChI is InChI=1S/C15H13FN6O3S/c1-2-25-13(23)6-10-7-26-15(18-10)19-14(24)11-5-9(16)3-4-12(11)22-8-17-20-21-22/h3-5,7-8H,2,6H2,1H3,(H,18,19,24). The van der Waals surface area contributed by atoms with Gasteiger partial charge in [0, 0.05) is 5.38 Å². The molecule has 0 aliphatic carbocycles. The quantitative estimate of drug-likeness (QED) is 0.651. The molecule has 0 atom stereocenters. The highest BCUT2D eigenvalue weighted by atomic mass is 32.1. The molecule has 2 heterocycles. The molecule has 0 spiro atoms. The van der Waals surface area contributed by atoms with Gasteiger partial charge in [-0.05, 0) is 35.5 Å². The molecule has 11 heteroatoms. The second kappa shape index (κ2) is 7.78. The summed E-state index contributed by atoms with van der Waals surface area (Å²) in [5.41, 5.74) is 0.834. The fourth-order valence-electron chi connectivity index (χ4n) is 2.13. The van der Waals surface area contributed by atoms with Gasteiger partial charge in [-0.15, -0.1) is 16.4 Å². The Bertz CT molecular complexity index is 927. The Labute approximate surface area is 150 Å². The molecule has 134 valence electrons. The molecule has 1 aromatic carbocycles. The lowest BCUT2D eigenvalue weighted by atomic mass is 10.1. The minimum Gasteiger partial charge on any atom is -0.466 e. The number of tetrazole rings is 1. The summed E-state index contributed by atoms with van der Waals surface area (Å²) in [5, 5.41) is 15.2. The molecule has 2 aromatic heterocycles. The van der Waals surface area contributed by atoms with Gasteiger partial charge in [-0.1, -0.05) is 0 Å². The van der Waals surface area contributed by atoms with Gasteiger partial charge in [0.2, 0.25) is 0 Å². The molecular formula is C15H13FN6O3S. The largest absolute Gasteiger partial charge is 0.466 e. The maximum Gasteiger partial charge on any atom is 0.311 e. The van der Waals surface area contributed by atoms with Crippen molar-refractivity contribution in [3.63, 3.8) is 0 Å². The van der Waals surface area contributed by atoms with Crippen molar-refractivity contribution in [1.29, 1.82) is 0 Å². The average Bonchev–Trinajstić information content (AvgIpc) is 3.27. The summed E-state index contributed by atoms with van der Waals surface area (Å²) in [4.78, 5) is 28.2. The number of nitrogens with zero attached hydrogens (tertiary/aromatic N) is 5. The first kappa shape index (κ1) is 17.6. The lowest BCUT2D eigenvalue weighted by molar-refractivity contribution is -0.142.